The van der Waals surface area contributed by atoms with Crippen molar-refractivity contribution in [3.63, 3.8) is 0 Å². The van der Waals surface area contributed by atoms with E-state index in [9.17, 15) is 14.7 Å². The van der Waals surface area contributed by atoms with Crippen LogP contribution in [0, 0.1) is 0 Å². The number of carboxylic acids is 1. The largest absolute Gasteiger partial charge is 0.481 e. The van der Waals surface area contributed by atoms with E-state index in [0.29, 0.717) is 12.3 Å². The van der Waals surface area contributed by atoms with Crippen LogP contribution in [-0.2, 0) is 16.0 Å². The Morgan fingerprint density at radius 3 is 2.25 bits per heavy atom. The first kappa shape index (κ1) is 21.4. The highest BCUT2D eigenvalue weighted by molar-refractivity contribution is 5.81. The standard InChI is InChI=1S/C25H24N2O5/c1-31-23-13-11-16(14-26-23)10-12-22(24(28)29)27-25(30)32-15-21-19-8-4-2-6-17(19)18-7-3-5-9-20(18)21/h2-9,11,13-14,21-22H,10,12,15H2,1H3,(H,27,30)(H,28,29)/t22-/m1/s1. The maximum atomic E-state index is 12.4. The summed E-state index contributed by atoms with van der Waals surface area (Å²) in [5, 5.41) is 12.0. The number of carbonyl (C=O) groups is 2. The maximum Gasteiger partial charge on any atom is 0.407 e. The number of pyridine rings is 1. The number of aromatic nitrogens is 1. The number of amides is 1. The SMILES string of the molecule is COc1ccc(CC[C@@H](NC(=O)OCC2c3ccccc3-c3ccccc32)C(=O)O)cn1. The Kier molecular flexibility index (Phi) is 6.35. The summed E-state index contributed by atoms with van der Waals surface area (Å²) >= 11 is 0. The lowest BCUT2D eigenvalue weighted by Crippen LogP contribution is -2.41. The molecule has 1 atom stereocenters. The third kappa shape index (κ3) is 4.56. The molecule has 7 heteroatoms. The minimum Gasteiger partial charge on any atom is -0.481 e. The van der Waals surface area contributed by atoms with Gasteiger partial charge in [-0.25, -0.2) is 14.6 Å². The Labute approximate surface area is 186 Å². The fraction of sp³-hybridized carbons (Fsp3) is 0.240. The van der Waals surface area contributed by atoms with E-state index in [0.717, 1.165) is 27.8 Å². The molecule has 0 saturated carbocycles. The van der Waals surface area contributed by atoms with Crippen molar-refractivity contribution in [2.24, 2.45) is 0 Å². The number of methoxy groups -OCH3 is 1. The number of hydrogen-bond acceptors (Lipinski definition) is 5. The molecule has 0 radical (unpaired) electrons. The van der Waals surface area contributed by atoms with Gasteiger partial charge in [0, 0.05) is 18.2 Å². The van der Waals surface area contributed by atoms with E-state index in [2.05, 4.69) is 22.4 Å². The summed E-state index contributed by atoms with van der Waals surface area (Å²) in [7, 11) is 1.53. The van der Waals surface area contributed by atoms with Gasteiger partial charge in [0.05, 0.1) is 7.11 Å². The second kappa shape index (κ2) is 9.51. The minimum atomic E-state index is -1.11. The van der Waals surface area contributed by atoms with Crippen LogP contribution < -0.4 is 10.1 Å². The highest BCUT2D eigenvalue weighted by Crippen LogP contribution is 2.44. The number of carbonyl (C=O) groups excluding carboxylic acids is 1. The van der Waals surface area contributed by atoms with Crippen LogP contribution in [0.5, 0.6) is 5.88 Å². The van der Waals surface area contributed by atoms with Gasteiger partial charge in [0.2, 0.25) is 5.88 Å². The molecule has 0 unspecified atom stereocenters. The quantitative estimate of drug-likeness (QED) is 0.558. The molecule has 1 aliphatic carbocycles. The van der Waals surface area contributed by atoms with Crippen molar-refractivity contribution in [2.45, 2.75) is 24.8 Å². The summed E-state index contributed by atoms with van der Waals surface area (Å²) in [6, 6.07) is 18.6. The Morgan fingerprint density at radius 1 is 1.03 bits per heavy atom. The number of carboxylic acid groups (broad SMARTS) is 1. The first-order valence-corrected chi connectivity index (χ1v) is 10.4. The maximum absolute atomic E-state index is 12.4. The van der Waals surface area contributed by atoms with Crippen LogP contribution in [-0.4, -0.2) is 41.9 Å². The first-order valence-electron chi connectivity index (χ1n) is 10.4. The molecule has 0 spiro atoms. The van der Waals surface area contributed by atoms with E-state index in [4.69, 9.17) is 9.47 Å². The number of nitrogens with one attached hydrogen (secondary N) is 1. The lowest BCUT2D eigenvalue weighted by molar-refractivity contribution is -0.139. The summed E-state index contributed by atoms with van der Waals surface area (Å²) in [4.78, 5) is 28.2. The fourth-order valence-electron chi connectivity index (χ4n) is 4.03. The molecule has 1 aliphatic rings. The van der Waals surface area contributed by atoms with Gasteiger partial charge in [0.15, 0.2) is 0 Å². The molecule has 1 aromatic heterocycles. The summed E-state index contributed by atoms with van der Waals surface area (Å²) in [6.45, 7) is 0.134. The first-order chi connectivity index (χ1) is 15.6. The van der Waals surface area contributed by atoms with Crippen LogP contribution in [0.25, 0.3) is 11.1 Å². The molecule has 1 heterocycles. The Hall–Kier alpha value is -3.87. The number of rotatable bonds is 8. The monoisotopic (exact) mass is 432 g/mol. The van der Waals surface area contributed by atoms with Crippen LogP contribution in [0.2, 0.25) is 0 Å². The van der Waals surface area contributed by atoms with Gasteiger partial charge in [-0.3, -0.25) is 0 Å². The summed E-state index contributed by atoms with van der Waals surface area (Å²) in [6.07, 6.45) is 1.54. The molecule has 1 amide bonds. The van der Waals surface area contributed by atoms with E-state index in [1.807, 2.05) is 42.5 Å². The zero-order valence-corrected chi connectivity index (χ0v) is 17.7. The van der Waals surface area contributed by atoms with Gasteiger partial charge >= 0.3 is 12.1 Å². The topological polar surface area (TPSA) is 97.8 Å². The van der Waals surface area contributed by atoms with E-state index < -0.39 is 18.1 Å². The summed E-state index contributed by atoms with van der Waals surface area (Å²) in [5.41, 5.74) is 5.32. The van der Waals surface area contributed by atoms with Gasteiger partial charge in [-0.05, 0) is 40.7 Å². The number of aliphatic carboxylic acids is 1. The van der Waals surface area contributed by atoms with Crippen molar-refractivity contribution in [1.82, 2.24) is 10.3 Å². The molecule has 32 heavy (non-hydrogen) atoms. The zero-order valence-electron chi connectivity index (χ0n) is 17.7. The zero-order chi connectivity index (χ0) is 22.5. The van der Waals surface area contributed by atoms with Crippen molar-refractivity contribution in [3.8, 4) is 17.0 Å². The number of benzene rings is 2. The van der Waals surface area contributed by atoms with Crippen LogP contribution in [0.1, 0.15) is 29.0 Å². The molecule has 0 saturated heterocycles. The van der Waals surface area contributed by atoms with Gasteiger partial charge in [-0.15, -0.1) is 0 Å². The second-order valence-corrected chi connectivity index (χ2v) is 7.61. The number of hydrogen-bond donors (Lipinski definition) is 2. The molecule has 4 rings (SSSR count). The van der Waals surface area contributed by atoms with Crippen molar-refractivity contribution in [3.05, 3.63) is 83.6 Å². The molecule has 2 N–H and O–H groups in total. The molecule has 7 nitrogen and oxygen atoms in total. The predicted octanol–water partition coefficient (Wildman–Crippen LogP) is 4.01. The molecule has 2 aromatic carbocycles. The third-order valence-corrected chi connectivity index (χ3v) is 5.66. The average Bonchev–Trinajstić information content (AvgIpc) is 3.14. The van der Waals surface area contributed by atoms with Crippen LogP contribution in [0.4, 0.5) is 4.79 Å². The van der Waals surface area contributed by atoms with Crippen LogP contribution in [0.15, 0.2) is 66.9 Å². The average molecular weight is 432 g/mol. The van der Waals surface area contributed by atoms with E-state index >= 15 is 0 Å². The number of alkyl carbamates (subject to hydrolysis) is 1. The lowest BCUT2D eigenvalue weighted by Gasteiger charge is -2.17. The van der Waals surface area contributed by atoms with E-state index in [-0.39, 0.29) is 18.9 Å². The number of nitrogens with zero attached hydrogens (tertiary/aromatic N) is 1. The molecule has 3 aromatic rings. The van der Waals surface area contributed by atoms with Crippen molar-refractivity contribution in [1.29, 1.82) is 0 Å². The van der Waals surface area contributed by atoms with Gasteiger partial charge in [-0.1, -0.05) is 54.6 Å². The Balaban J connectivity index is 1.36. The summed E-state index contributed by atoms with van der Waals surface area (Å²) < 4.78 is 10.5. The molecular weight excluding hydrogens is 408 g/mol. The highest BCUT2D eigenvalue weighted by atomic mass is 16.5. The molecular formula is C25H24N2O5. The van der Waals surface area contributed by atoms with Crippen molar-refractivity contribution < 1.29 is 24.2 Å². The number of aryl methyl sites for hydroxylation is 1. The van der Waals surface area contributed by atoms with E-state index in [1.165, 1.54) is 7.11 Å². The van der Waals surface area contributed by atoms with E-state index in [1.54, 1.807) is 12.3 Å². The smallest absolute Gasteiger partial charge is 0.407 e. The number of fused-ring (bicyclic) bond motifs is 3. The molecule has 164 valence electrons. The minimum absolute atomic E-state index is 0.0817. The van der Waals surface area contributed by atoms with Gasteiger partial charge in [0.25, 0.3) is 0 Å². The summed E-state index contributed by atoms with van der Waals surface area (Å²) in [5.74, 6) is -0.706. The third-order valence-electron chi connectivity index (χ3n) is 5.66. The molecule has 0 aliphatic heterocycles. The lowest BCUT2D eigenvalue weighted by atomic mass is 9.98. The highest BCUT2D eigenvalue weighted by Gasteiger charge is 2.29. The van der Waals surface area contributed by atoms with Gasteiger partial charge < -0.3 is 19.9 Å². The Morgan fingerprint density at radius 2 is 1.69 bits per heavy atom. The van der Waals surface area contributed by atoms with Crippen LogP contribution in [0.3, 0.4) is 0 Å². The number of ether oxygens (including phenoxy) is 2. The van der Waals surface area contributed by atoms with Crippen molar-refractivity contribution >= 4 is 12.1 Å². The molecule has 0 fully saturated rings. The predicted molar refractivity (Wildman–Crippen MR) is 119 cm³/mol. The van der Waals surface area contributed by atoms with Gasteiger partial charge in [0.1, 0.15) is 12.6 Å². The Bertz CT molecular complexity index is 1070. The fourth-order valence-corrected chi connectivity index (χ4v) is 4.03. The van der Waals surface area contributed by atoms with Crippen LogP contribution >= 0.6 is 0 Å². The van der Waals surface area contributed by atoms with Gasteiger partial charge in [-0.2, -0.15) is 0 Å². The van der Waals surface area contributed by atoms with Crippen molar-refractivity contribution in [2.75, 3.05) is 13.7 Å². The normalized spacial score (nSPS) is 13.0. The molecule has 0 bridgehead atoms. The second-order valence-electron chi connectivity index (χ2n) is 7.61.